The van der Waals surface area contributed by atoms with Crippen molar-refractivity contribution in [3.8, 4) is 0 Å². The zero-order chi connectivity index (χ0) is 15.8. The van der Waals surface area contributed by atoms with Gasteiger partial charge in [-0.3, -0.25) is 4.98 Å². The first kappa shape index (κ1) is 16.5. The molecule has 0 aliphatic rings. The number of nitrogens with zero attached hydrogens (tertiary/aromatic N) is 3. The molecule has 2 rings (SSSR count). The highest BCUT2D eigenvalue weighted by Gasteiger charge is 2.07. The summed E-state index contributed by atoms with van der Waals surface area (Å²) in [6.07, 6.45) is 6.45. The molecule has 22 heavy (non-hydrogen) atoms. The Morgan fingerprint density at radius 3 is 2.64 bits per heavy atom. The van der Waals surface area contributed by atoms with E-state index in [0.29, 0.717) is 13.2 Å². The second-order valence-electron chi connectivity index (χ2n) is 5.60. The minimum atomic E-state index is 0.100. The van der Waals surface area contributed by atoms with Crippen molar-refractivity contribution in [1.29, 1.82) is 0 Å². The molecule has 0 saturated heterocycles. The molecule has 0 N–H and O–H groups in total. The van der Waals surface area contributed by atoms with Gasteiger partial charge in [-0.1, -0.05) is 6.07 Å². The Labute approximate surface area is 131 Å². The lowest BCUT2D eigenvalue weighted by Gasteiger charge is -2.13. The Kier molecular flexibility index (Phi) is 6.43. The molecule has 0 radical (unpaired) electrons. The van der Waals surface area contributed by atoms with Gasteiger partial charge in [0.05, 0.1) is 37.3 Å². The summed E-state index contributed by atoms with van der Waals surface area (Å²) in [7, 11) is 0. The normalized spacial score (nSPS) is 12.5. The number of pyridine rings is 1. The second kappa shape index (κ2) is 8.56. The molecule has 5 heteroatoms. The summed E-state index contributed by atoms with van der Waals surface area (Å²) in [5.74, 6) is 0. The molecule has 5 nitrogen and oxygen atoms in total. The molecule has 2 aromatic rings. The molecule has 0 fully saturated rings. The van der Waals surface area contributed by atoms with Crippen LogP contribution in [0.1, 0.15) is 37.6 Å². The summed E-state index contributed by atoms with van der Waals surface area (Å²) in [5, 5.41) is 8.13. The third-order valence-electron chi connectivity index (χ3n) is 3.11. The van der Waals surface area contributed by atoms with Crippen molar-refractivity contribution in [3.63, 3.8) is 0 Å². The predicted octanol–water partition coefficient (Wildman–Crippen LogP) is 2.94. The minimum Gasteiger partial charge on any atom is -0.373 e. The molecule has 0 aliphatic heterocycles. The summed E-state index contributed by atoms with van der Waals surface area (Å²) in [6, 6.07) is 5.95. The van der Waals surface area contributed by atoms with Crippen molar-refractivity contribution in [2.45, 2.75) is 52.6 Å². The molecule has 0 bridgehead atoms. The zero-order valence-corrected chi connectivity index (χ0v) is 13.4. The van der Waals surface area contributed by atoms with Gasteiger partial charge in [0.1, 0.15) is 0 Å². The van der Waals surface area contributed by atoms with Crippen LogP contribution in [-0.4, -0.2) is 27.4 Å². The van der Waals surface area contributed by atoms with Gasteiger partial charge in [-0.05, 0) is 44.0 Å². The van der Waals surface area contributed by atoms with E-state index in [9.17, 15) is 0 Å². The number of hydrogen-bond donors (Lipinski definition) is 0. The van der Waals surface area contributed by atoms with Gasteiger partial charge in [0.25, 0.3) is 0 Å². The summed E-state index contributed by atoms with van der Waals surface area (Å²) in [6.45, 7) is 7.12. The first-order valence-electron chi connectivity index (χ1n) is 7.56. The van der Waals surface area contributed by atoms with Crippen molar-refractivity contribution in [2.75, 3.05) is 0 Å². The summed E-state index contributed by atoms with van der Waals surface area (Å²) >= 11 is 0. The van der Waals surface area contributed by atoms with Crippen LogP contribution < -0.4 is 0 Å². The SMILES string of the molecule is CC(C)OCc1cc(CC(C)OCc2cccnc2)cnn1. The quantitative estimate of drug-likeness (QED) is 0.750. The fourth-order valence-corrected chi connectivity index (χ4v) is 2.00. The lowest BCUT2D eigenvalue weighted by atomic mass is 10.1. The van der Waals surface area contributed by atoms with Gasteiger partial charge >= 0.3 is 0 Å². The zero-order valence-electron chi connectivity index (χ0n) is 13.4. The Balaban J connectivity index is 1.83. The Hall–Kier alpha value is -1.85. The smallest absolute Gasteiger partial charge is 0.0910 e. The van der Waals surface area contributed by atoms with E-state index in [1.165, 1.54) is 0 Å². The van der Waals surface area contributed by atoms with E-state index < -0.39 is 0 Å². The lowest BCUT2D eigenvalue weighted by Crippen LogP contribution is -2.13. The molecule has 1 unspecified atom stereocenters. The standard InChI is InChI=1S/C17H23N3O2/c1-13(2)21-12-17-8-16(10-19-20-17)7-14(3)22-11-15-5-4-6-18-9-15/h4-6,8-10,13-14H,7,11-12H2,1-3H3. The third kappa shape index (κ3) is 5.87. The maximum Gasteiger partial charge on any atom is 0.0910 e. The van der Waals surface area contributed by atoms with E-state index in [4.69, 9.17) is 9.47 Å². The maximum absolute atomic E-state index is 5.85. The number of aromatic nitrogens is 3. The van der Waals surface area contributed by atoms with Gasteiger partial charge in [0, 0.05) is 18.8 Å². The fourth-order valence-electron chi connectivity index (χ4n) is 2.00. The van der Waals surface area contributed by atoms with Crippen LogP contribution in [0.4, 0.5) is 0 Å². The van der Waals surface area contributed by atoms with Crippen LogP contribution in [0.3, 0.4) is 0 Å². The van der Waals surface area contributed by atoms with E-state index in [2.05, 4.69) is 22.1 Å². The van der Waals surface area contributed by atoms with E-state index in [1.54, 1.807) is 12.4 Å². The topological polar surface area (TPSA) is 57.1 Å². The second-order valence-corrected chi connectivity index (χ2v) is 5.60. The largest absolute Gasteiger partial charge is 0.373 e. The molecule has 118 valence electrons. The van der Waals surface area contributed by atoms with Crippen LogP contribution in [0.25, 0.3) is 0 Å². The maximum atomic E-state index is 5.85. The van der Waals surface area contributed by atoms with Gasteiger partial charge in [0.2, 0.25) is 0 Å². The van der Waals surface area contributed by atoms with E-state index in [1.807, 2.05) is 38.2 Å². The molecule has 0 amide bonds. The van der Waals surface area contributed by atoms with Crippen LogP contribution in [-0.2, 0) is 29.1 Å². The first-order chi connectivity index (χ1) is 10.6. The van der Waals surface area contributed by atoms with Crippen LogP contribution in [0.5, 0.6) is 0 Å². The minimum absolute atomic E-state index is 0.100. The molecule has 2 aromatic heterocycles. The van der Waals surface area contributed by atoms with Crippen LogP contribution in [0.15, 0.2) is 36.8 Å². The molecule has 0 aliphatic carbocycles. The van der Waals surface area contributed by atoms with Gasteiger partial charge in [-0.15, -0.1) is 0 Å². The summed E-state index contributed by atoms with van der Waals surface area (Å²) in [5.41, 5.74) is 3.04. The highest BCUT2D eigenvalue weighted by molar-refractivity contribution is 5.13. The van der Waals surface area contributed by atoms with Crippen molar-refractivity contribution in [1.82, 2.24) is 15.2 Å². The van der Waals surface area contributed by atoms with Gasteiger partial charge in [-0.2, -0.15) is 10.2 Å². The fraction of sp³-hybridized carbons (Fsp3) is 0.471. The molecule has 0 aromatic carbocycles. The summed E-state index contributed by atoms with van der Waals surface area (Å²) in [4.78, 5) is 4.08. The van der Waals surface area contributed by atoms with Gasteiger partial charge < -0.3 is 9.47 Å². The van der Waals surface area contributed by atoms with Crippen molar-refractivity contribution in [2.24, 2.45) is 0 Å². The Bertz CT molecular complexity index is 561. The molecular formula is C17H23N3O2. The van der Waals surface area contributed by atoms with E-state index >= 15 is 0 Å². The Morgan fingerprint density at radius 2 is 1.91 bits per heavy atom. The molecule has 1 atom stereocenters. The van der Waals surface area contributed by atoms with Crippen molar-refractivity contribution < 1.29 is 9.47 Å². The Morgan fingerprint density at radius 1 is 1.05 bits per heavy atom. The molecular weight excluding hydrogens is 278 g/mol. The van der Waals surface area contributed by atoms with Crippen LogP contribution >= 0.6 is 0 Å². The number of ether oxygens (including phenoxy) is 2. The number of hydrogen-bond acceptors (Lipinski definition) is 5. The van der Waals surface area contributed by atoms with Crippen molar-refractivity contribution in [3.05, 3.63) is 53.6 Å². The first-order valence-corrected chi connectivity index (χ1v) is 7.56. The average molecular weight is 301 g/mol. The van der Waals surface area contributed by atoms with Gasteiger partial charge in [0.15, 0.2) is 0 Å². The predicted molar refractivity (Wildman–Crippen MR) is 84.1 cm³/mol. The highest BCUT2D eigenvalue weighted by atomic mass is 16.5. The molecule has 0 spiro atoms. The molecule has 0 saturated carbocycles. The third-order valence-corrected chi connectivity index (χ3v) is 3.11. The lowest BCUT2D eigenvalue weighted by molar-refractivity contribution is 0.0528. The van der Waals surface area contributed by atoms with E-state index in [0.717, 1.165) is 23.2 Å². The monoisotopic (exact) mass is 301 g/mol. The molecule has 2 heterocycles. The van der Waals surface area contributed by atoms with Crippen LogP contribution in [0.2, 0.25) is 0 Å². The summed E-state index contributed by atoms with van der Waals surface area (Å²) < 4.78 is 11.4. The average Bonchev–Trinajstić information content (AvgIpc) is 2.52. The van der Waals surface area contributed by atoms with Crippen LogP contribution in [0, 0.1) is 0 Å². The van der Waals surface area contributed by atoms with Gasteiger partial charge in [-0.25, -0.2) is 0 Å². The van der Waals surface area contributed by atoms with E-state index in [-0.39, 0.29) is 12.2 Å². The van der Waals surface area contributed by atoms with Crippen molar-refractivity contribution >= 4 is 0 Å². The number of rotatable bonds is 8. The highest BCUT2D eigenvalue weighted by Crippen LogP contribution is 2.09.